The van der Waals surface area contributed by atoms with Gasteiger partial charge in [0, 0.05) is 16.4 Å². The minimum atomic E-state index is -1.96. The summed E-state index contributed by atoms with van der Waals surface area (Å²) in [7, 11) is 0. The molecule has 2 aliphatic heterocycles. The molecular weight excluding hydrogens is 304 g/mol. The number of amides is 1. The Morgan fingerprint density at radius 2 is 1.83 bits per heavy atom. The van der Waals surface area contributed by atoms with Crippen LogP contribution < -0.4 is 5.32 Å². The molecule has 9 nitrogen and oxygen atoms in total. The minimum absolute atomic E-state index is 0.0742. The monoisotopic (exact) mass is 320 g/mol. The van der Waals surface area contributed by atoms with Crippen molar-refractivity contribution in [3.05, 3.63) is 56.1 Å². The van der Waals surface area contributed by atoms with Crippen molar-refractivity contribution in [3.8, 4) is 0 Å². The fourth-order valence-electron chi connectivity index (χ4n) is 3.52. The molecule has 0 radical (unpaired) electrons. The third-order valence-corrected chi connectivity index (χ3v) is 4.61. The molecule has 0 aromatic heterocycles. The van der Waals surface area contributed by atoms with Gasteiger partial charge in [0.1, 0.15) is 6.42 Å². The van der Waals surface area contributed by atoms with Gasteiger partial charge in [-0.2, -0.15) is 0 Å². The molecule has 2 saturated heterocycles. The van der Waals surface area contributed by atoms with E-state index in [1.165, 1.54) is 0 Å². The quantitative estimate of drug-likeness (QED) is 0.618. The Kier molecular flexibility index (Phi) is 3.52. The zero-order chi connectivity index (χ0) is 16.7. The summed E-state index contributed by atoms with van der Waals surface area (Å²) < 4.78 is 0. The molecule has 2 aliphatic rings. The number of hydrogen-bond acceptors (Lipinski definition) is 6. The van der Waals surface area contributed by atoms with Gasteiger partial charge in [0.15, 0.2) is 0 Å². The molecule has 2 unspecified atom stereocenters. The van der Waals surface area contributed by atoms with Gasteiger partial charge in [0.05, 0.1) is 19.6 Å². The van der Waals surface area contributed by atoms with E-state index in [2.05, 4.69) is 5.32 Å². The number of carbonyl (C=O) groups excluding carboxylic acids is 1. The number of nitrogens with zero attached hydrogens (tertiary/aromatic N) is 3. The molecule has 1 aromatic carbocycles. The Bertz CT molecular complexity index is 666. The maximum atomic E-state index is 12.1. The topological polar surface area (TPSA) is 119 Å². The van der Waals surface area contributed by atoms with Crippen LogP contribution in [0.2, 0.25) is 0 Å². The minimum Gasteiger partial charge on any atom is -0.343 e. The standard InChI is InChI=1S/C14H16N4O5/c19-12-14(18(22)23)7-13(8-15-12,17(20)21)9-16(10-14)6-11-4-2-1-3-5-11/h1-5H,6-10H2,(H,15,19). The number of nitrogens with one attached hydrogen (secondary N) is 1. The summed E-state index contributed by atoms with van der Waals surface area (Å²) >= 11 is 0. The lowest BCUT2D eigenvalue weighted by molar-refractivity contribution is -0.618. The summed E-state index contributed by atoms with van der Waals surface area (Å²) in [5.41, 5.74) is -2.59. The van der Waals surface area contributed by atoms with Crippen LogP contribution in [0.15, 0.2) is 30.3 Å². The predicted molar refractivity (Wildman–Crippen MR) is 78.8 cm³/mol. The summed E-state index contributed by atoms with van der Waals surface area (Å²) in [5.74, 6) is -0.738. The van der Waals surface area contributed by atoms with Gasteiger partial charge in [0.2, 0.25) is 0 Å². The lowest BCUT2D eigenvalue weighted by atomic mass is 9.74. The molecule has 0 aliphatic carbocycles. The van der Waals surface area contributed by atoms with Gasteiger partial charge in [-0.05, 0) is 5.56 Å². The van der Waals surface area contributed by atoms with Gasteiger partial charge in [-0.15, -0.1) is 0 Å². The van der Waals surface area contributed by atoms with E-state index < -0.39 is 26.8 Å². The van der Waals surface area contributed by atoms with Crippen molar-refractivity contribution < 1.29 is 14.6 Å². The van der Waals surface area contributed by atoms with Gasteiger partial charge < -0.3 is 5.32 Å². The molecule has 122 valence electrons. The first kappa shape index (κ1) is 15.3. The van der Waals surface area contributed by atoms with E-state index in [9.17, 15) is 25.0 Å². The van der Waals surface area contributed by atoms with Gasteiger partial charge in [-0.1, -0.05) is 30.3 Å². The van der Waals surface area contributed by atoms with Crippen molar-refractivity contribution in [1.29, 1.82) is 0 Å². The Hall–Kier alpha value is -2.55. The van der Waals surface area contributed by atoms with E-state index in [-0.39, 0.29) is 26.1 Å². The largest absolute Gasteiger partial charge is 0.343 e. The molecule has 2 atom stereocenters. The highest BCUT2D eigenvalue weighted by Gasteiger charge is 2.69. The van der Waals surface area contributed by atoms with Gasteiger partial charge >= 0.3 is 5.54 Å². The summed E-state index contributed by atoms with van der Waals surface area (Å²) in [5, 5.41) is 25.5. The smallest absolute Gasteiger partial charge is 0.317 e. The van der Waals surface area contributed by atoms with Crippen molar-refractivity contribution in [2.75, 3.05) is 19.6 Å². The van der Waals surface area contributed by atoms with Gasteiger partial charge in [0.25, 0.3) is 11.4 Å². The number of nitro groups is 2. The predicted octanol–water partition coefficient (Wildman–Crippen LogP) is 0.0531. The number of likely N-dealkylation sites (tertiary alicyclic amines) is 1. The second kappa shape index (κ2) is 5.27. The average Bonchev–Trinajstić information content (AvgIpc) is 2.52. The zero-order valence-corrected chi connectivity index (χ0v) is 12.3. The van der Waals surface area contributed by atoms with E-state index in [1.54, 1.807) is 4.90 Å². The lowest BCUT2D eigenvalue weighted by Gasteiger charge is -2.45. The third-order valence-electron chi connectivity index (χ3n) is 4.61. The number of benzene rings is 1. The van der Waals surface area contributed by atoms with Gasteiger partial charge in [-0.3, -0.25) is 29.9 Å². The van der Waals surface area contributed by atoms with Crippen LogP contribution in [0.1, 0.15) is 12.0 Å². The number of fused-ring (bicyclic) bond motifs is 2. The summed E-state index contributed by atoms with van der Waals surface area (Å²) in [6.45, 7) is 0.0973. The van der Waals surface area contributed by atoms with Crippen LogP contribution >= 0.6 is 0 Å². The maximum Gasteiger partial charge on any atom is 0.317 e. The highest BCUT2D eigenvalue weighted by molar-refractivity contribution is 5.86. The van der Waals surface area contributed by atoms with Crippen LogP contribution in [-0.2, 0) is 11.3 Å². The van der Waals surface area contributed by atoms with Crippen molar-refractivity contribution >= 4 is 5.91 Å². The SMILES string of the molecule is O=C1NCC2([N+](=O)[O-])CN(Cc3ccccc3)CC1([N+](=O)[O-])C2. The Balaban J connectivity index is 1.96. The van der Waals surface area contributed by atoms with Crippen LogP contribution in [0.4, 0.5) is 0 Å². The number of carbonyl (C=O) groups is 1. The molecule has 0 saturated carbocycles. The number of piperidine rings is 2. The average molecular weight is 320 g/mol. The maximum absolute atomic E-state index is 12.1. The molecular formula is C14H16N4O5. The van der Waals surface area contributed by atoms with Crippen molar-refractivity contribution in [3.63, 3.8) is 0 Å². The summed E-state index contributed by atoms with van der Waals surface area (Å²) in [6.07, 6.45) is -0.364. The number of rotatable bonds is 4. The van der Waals surface area contributed by atoms with Crippen LogP contribution in [0.25, 0.3) is 0 Å². The molecule has 3 rings (SSSR count). The van der Waals surface area contributed by atoms with Crippen molar-refractivity contribution in [1.82, 2.24) is 10.2 Å². The molecule has 0 spiro atoms. The van der Waals surface area contributed by atoms with Crippen LogP contribution in [0.5, 0.6) is 0 Å². The normalized spacial score (nSPS) is 30.5. The highest BCUT2D eigenvalue weighted by Crippen LogP contribution is 2.37. The fourth-order valence-corrected chi connectivity index (χ4v) is 3.52. The Labute approximate surface area is 131 Å². The lowest BCUT2D eigenvalue weighted by Crippen LogP contribution is -2.76. The third kappa shape index (κ3) is 2.42. The molecule has 2 fully saturated rings. The Morgan fingerprint density at radius 3 is 2.43 bits per heavy atom. The van der Waals surface area contributed by atoms with E-state index in [0.29, 0.717) is 6.54 Å². The molecule has 2 heterocycles. The molecule has 9 heteroatoms. The summed E-state index contributed by atoms with van der Waals surface area (Å²) in [4.78, 5) is 35.7. The van der Waals surface area contributed by atoms with Gasteiger partial charge in [-0.25, -0.2) is 0 Å². The molecule has 1 aromatic rings. The first-order chi connectivity index (χ1) is 10.9. The fraction of sp³-hybridized carbons (Fsp3) is 0.500. The molecule has 2 bridgehead atoms. The molecule has 23 heavy (non-hydrogen) atoms. The first-order valence-corrected chi connectivity index (χ1v) is 7.22. The van der Waals surface area contributed by atoms with Crippen LogP contribution in [0, 0.1) is 20.2 Å². The van der Waals surface area contributed by atoms with E-state index in [4.69, 9.17) is 0 Å². The zero-order valence-electron chi connectivity index (χ0n) is 12.3. The highest BCUT2D eigenvalue weighted by atomic mass is 16.6. The van der Waals surface area contributed by atoms with E-state index in [1.807, 2.05) is 30.3 Å². The Morgan fingerprint density at radius 1 is 1.13 bits per heavy atom. The summed E-state index contributed by atoms with van der Waals surface area (Å²) in [6, 6.07) is 9.21. The van der Waals surface area contributed by atoms with Crippen LogP contribution in [-0.4, -0.2) is 51.4 Å². The second-order valence-corrected chi connectivity index (χ2v) is 6.26. The molecule has 1 amide bonds. The van der Waals surface area contributed by atoms with E-state index in [0.717, 1.165) is 5.56 Å². The molecule has 1 N–H and O–H groups in total. The van der Waals surface area contributed by atoms with Crippen LogP contribution in [0.3, 0.4) is 0 Å². The first-order valence-electron chi connectivity index (χ1n) is 7.22. The van der Waals surface area contributed by atoms with Crippen molar-refractivity contribution in [2.45, 2.75) is 24.0 Å². The number of hydrogen-bond donors (Lipinski definition) is 1. The van der Waals surface area contributed by atoms with Crippen molar-refractivity contribution in [2.24, 2.45) is 0 Å². The van der Waals surface area contributed by atoms with E-state index >= 15 is 0 Å². The second-order valence-electron chi connectivity index (χ2n) is 6.26.